The van der Waals surface area contributed by atoms with Gasteiger partial charge in [-0.2, -0.15) is 0 Å². The summed E-state index contributed by atoms with van der Waals surface area (Å²) in [6, 6.07) is 77.5. The maximum Gasteiger partial charge on any atom is 0.0740 e. The van der Waals surface area contributed by atoms with Crippen molar-refractivity contribution >= 4 is 28.4 Å². The molecule has 0 atom stereocenters. The van der Waals surface area contributed by atoms with Crippen LogP contribution in [-0.4, -0.2) is 0 Å². The molecule has 0 bridgehead atoms. The normalized spacial score (nSPS) is 15.8. The van der Waals surface area contributed by atoms with Crippen LogP contribution < -0.4 is 4.90 Å². The lowest BCUT2D eigenvalue weighted by atomic mass is 9.70. The lowest BCUT2D eigenvalue weighted by molar-refractivity contribution is 0.660. The fourth-order valence-corrected chi connectivity index (χ4v) is 12.5. The van der Waals surface area contributed by atoms with Crippen LogP contribution in [0, 0.1) is 0 Å². The lowest BCUT2D eigenvalue weighted by Crippen LogP contribution is -2.26. The summed E-state index contributed by atoms with van der Waals surface area (Å²) in [6.45, 7) is -5.85. The van der Waals surface area contributed by atoms with Crippen molar-refractivity contribution in [2.45, 2.75) is 24.5 Å². The minimum atomic E-state index is -2.92. The third-order valence-corrected chi connectivity index (χ3v) is 15.1. The monoisotopic (exact) mass is 839 g/mol. The molecule has 2 heteroatoms. The van der Waals surface area contributed by atoms with E-state index in [-0.39, 0.29) is 5.56 Å². The molecular weight excluding hydrogens is 791 g/mol. The molecule has 0 aliphatic heterocycles. The van der Waals surface area contributed by atoms with Crippen LogP contribution in [0.1, 0.15) is 55.3 Å². The van der Waals surface area contributed by atoms with E-state index < -0.39 is 24.5 Å². The number of nitrogens with zero attached hydrogens (tertiary/aromatic N) is 1. The summed E-state index contributed by atoms with van der Waals surface area (Å²) in [4.78, 5) is 4.57. The SMILES string of the molecule is [2H]C([2H])([2H])C1(C([2H])([2H])[2H])c2ccccc2-c2ccc(N(c3ccc(-c4ccccc4)cc3)c3cccc4c3-c3c(-c5ccccc5)sc(-c5ccccc5)c3C43c4ccccc4-c4ccccc43)cc21. The van der Waals surface area contributed by atoms with Gasteiger partial charge in [-0.1, -0.05) is 208 Å². The topological polar surface area (TPSA) is 3.24 Å². The van der Waals surface area contributed by atoms with E-state index in [0.29, 0.717) is 22.4 Å². The van der Waals surface area contributed by atoms with Crippen molar-refractivity contribution in [2.24, 2.45) is 0 Å². The molecule has 1 spiro atoms. The molecule has 0 radical (unpaired) electrons. The van der Waals surface area contributed by atoms with Crippen LogP contribution in [0.25, 0.3) is 65.4 Å². The van der Waals surface area contributed by atoms with E-state index in [9.17, 15) is 0 Å². The first kappa shape index (κ1) is 31.3. The first-order valence-corrected chi connectivity index (χ1v) is 22.7. The molecule has 10 aromatic rings. The molecule has 302 valence electrons. The fourth-order valence-electron chi connectivity index (χ4n) is 11.1. The van der Waals surface area contributed by atoms with Crippen LogP contribution in [0.3, 0.4) is 0 Å². The average Bonchev–Trinajstić information content (AvgIpc) is 4.11. The van der Waals surface area contributed by atoms with Gasteiger partial charge in [-0.15, -0.1) is 11.3 Å². The minimum Gasteiger partial charge on any atom is -0.310 e. The molecule has 0 unspecified atom stereocenters. The van der Waals surface area contributed by atoms with Crippen molar-refractivity contribution in [3.05, 3.63) is 258 Å². The highest BCUT2D eigenvalue weighted by atomic mass is 32.1. The zero-order valence-electron chi connectivity index (χ0n) is 40.7. The molecule has 0 amide bonds. The van der Waals surface area contributed by atoms with E-state index in [1.165, 1.54) is 32.7 Å². The third-order valence-electron chi connectivity index (χ3n) is 13.8. The van der Waals surface area contributed by atoms with E-state index >= 15 is 0 Å². The Morgan fingerprint density at radius 1 is 0.375 bits per heavy atom. The predicted octanol–water partition coefficient (Wildman–Crippen LogP) is 16.9. The molecule has 13 rings (SSSR count). The second kappa shape index (κ2) is 14.0. The highest BCUT2D eigenvalue weighted by molar-refractivity contribution is 7.19. The van der Waals surface area contributed by atoms with Crippen LogP contribution in [0.2, 0.25) is 0 Å². The Balaban J connectivity index is 1.16. The molecule has 64 heavy (non-hydrogen) atoms. The van der Waals surface area contributed by atoms with Crippen molar-refractivity contribution in [1.82, 2.24) is 0 Å². The number of thiophene rings is 1. The van der Waals surface area contributed by atoms with Crippen molar-refractivity contribution < 1.29 is 8.22 Å². The molecule has 9 aromatic carbocycles. The number of hydrogen-bond acceptors (Lipinski definition) is 2. The van der Waals surface area contributed by atoms with Gasteiger partial charge in [0.1, 0.15) is 0 Å². The van der Waals surface area contributed by atoms with Crippen LogP contribution >= 0.6 is 11.3 Å². The van der Waals surface area contributed by atoms with Gasteiger partial charge in [0.2, 0.25) is 0 Å². The third kappa shape index (κ3) is 5.12. The molecule has 0 saturated carbocycles. The van der Waals surface area contributed by atoms with Crippen LogP contribution in [0.15, 0.2) is 224 Å². The van der Waals surface area contributed by atoms with Gasteiger partial charge in [-0.05, 0) is 108 Å². The Labute approximate surface area is 387 Å². The largest absolute Gasteiger partial charge is 0.310 e. The summed E-state index contributed by atoms with van der Waals surface area (Å²) in [6.07, 6.45) is 0. The Morgan fingerprint density at radius 2 is 0.859 bits per heavy atom. The second-order valence-corrected chi connectivity index (χ2v) is 18.1. The zero-order valence-corrected chi connectivity index (χ0v) is 35.5. The molecule has 1 nitrogen and oxygen atoms in total. The molecule has 0 N–H and O–H groups in total. The number of rotatable bonds is 6. The van der Waals surface area contributed by atoms with Crippen molar-refractivity contribution in [2.75, 3.05) is 4.90 Å². The number of anilines is 3. The molecule has 3 aliphatic carbocycles. The lowest BCUT2D eigenvalue weighted by Gasteiger charge is -2.33. The van der Waals surface area contributed by atoms with Gasteiger partial charge < -0.3 is 4.90 Å². The van der Waals surface area contributed by atoms with Gasteiger partial charge in [0.05, 0.1) is 11.1 Å². The van der Waals surface area contributed by atoms with Crippen molar-refractivity contribution in [1.29, 1.82) is 0 Å². The van der Waals surface area contributed by atoms with Gasteiger partial charge >= 0.3 is 0 Å². The maximum atomic E-state index is 9.14. The second-order valence-electron chi connectivity index (χ2n) is 17.1. The summed E-state index contributed by atoms with van der Waals surface area (Å²) in [5.41, 5.74) is 15.0. The molecular formula is C62H43NS. The average molecular weight is 840 g/mol. The molecule has 1 heterocycles. The van der Waals surface area contributed by atoms with Gasteiger partial charge in [0, 0.05) is 45.9 Å². The Hall–Kier alpha value is -7.52. The minimum absolute atomic E-state index is 0.271. The van der Waals surface area contributed by atoms with Gasteiger partial charge in [-0.3, -0.25) is 0 Å². The van der Waals surface area contributed by atoms with E-state index in [0.717, 1.165) is 55.2 Å². The van der Waals surface area contributed by atoms with E-state index in [1.54, 1.807) is 12.1 Å². The quantitative estimate of drug-likeness (QED) is 0.161. The van der Waals surface area contributed by atoms with Gasteiger partial charge in [0.15, 0.2) is 0 Å². The smallest absolute Gasteiger partial charge is 0.0740 e. The summed E-state index contributed by atoms with van der Waals surface area (Å²) in [7, 11) is 0. The molecule has 3 aliphatic rings. The summed E-state index contributed by atoms with van der Waals surface area (Å²) < 4.78 is 54.8. The Morgan fingerprint density at radius 3 is 1.48 bits per heavy atom. The highest BCUT2D eigenvalue weighted by Crippen LogP contribution is 2.70. The predicted molar refractivity (Wildman–Crippen MR) is 269 cm³/mol. The van der Waals surface area contributed by atoms with Crippen molar-refractivity contribution in [3.63, 3.8) is 0 Å². The van der Waals surface area contributed by atoms with Crippen LogP contribution in [0.5, 0.6) is 0 Å². The highest BCUT2D eigenvalue weighted by Gasteiger charge is 2.55. The summed E-state index contributed by atoms with van der Waals surface area (Å²) >= 11 is 1.82. The molecule has 1 aromatic heterocycles. The first-order valence-electron chi connectivity index (χ1n) is 24.8. The maximum absolute atomic E-state index is 9.14. The standard InChI is InChI=1S/C62H43NS/c1-61(2)50-28-15-12-25-46(50)49-38-37-45(39-54(49)61)63(44-35-33-41(34-36-44)40-19-6-3-7-20-40)55-32-18-31-53-56(55)57-58(62(53)51-29-16-13-26-47(51)48-27-14-17-30-52(48)62)60(43-23-10-5-11-24-43)64-59(57)42-21-8-4-9-22-42/h3-39H,1-2H3/i1D3,2D3. The Kier molecular flexibility index (Phi) is 6.85. The van der Waals surface area contributed by atoms with Gasteiger partial charge in [0.25, 0.3) is 0 Å². The number of hydrogen-bond donors (Lipinski definition) is 0. The molecule has 0 fully saturated rings. The summed E-state index contributed by atoms with van der Waals surface area (Å²) in [5.74, 6) is 0. The van der Waals surface area contributed by atoms with Crippen molar-refractivity contribution in [3.8, 4) is 65.4 Å². The van der Waals surface area contributed by atoms with E-state index in [2.05, 4.69) is 169 Å². The molecule has 0 saturated heterocycles. The number of fused-ring (bicyclic) bond motifs is 13. The summed E-state index contributed by atoms with van der Waals surface area (Å²) in [5, 5.41) is 0. The van der Waals surface area contributed by atoms with E-state index in [4.69, 9.17) is 8.22 Å². The van der Waals surface area contributed by atoms with Crippen LogP contribution in [0.4, 0.5) is 17.1 Å². The Bertz CT molecular complexity index is 3630. The fraction of sp³-hybridized carbons (Fsp3) is 0.0645. The van der Waals surface area contributed by atoms with E-state index in [1.807, 2.05) is 59.9 Å². The zero-order chi connectivity index (χ0) is 47.6. The number of benzene rings is 9. The first-order chi connectivity index (χ1) is 34.0. The van der Waals surface area contributed by atoms with Gasteiger partial charge in [-0.25, -0.2) is 0 Å². The van der Waals surface area contributed by atoms with Crippen LogP contribution in [-0.2, 0) is 10.8 Å².